The highest BCUT2D eigenvalue weighted by Crippen LogP contribution is 2.24. The number of nitrogens with zero attached hydrogens (tertiary/aromatic N) is 2. The molecule has 1 fully saturated rings. The van der Waals surface area contributed by atoms with Crippen LogP contribution >= 0.6 is 11.8 Å². The quantitative estimate of drug-likeness (QED) is 0.727. The Bertz CT molecular complexity index is 455. The molecule has 132 valence electrons. The number of thioether (sulfide) groups is 1. The van der Waals surface area contributed by atoms with Crippen LogP contribution in [0.3, 0.4) is 0 Å². The standard InChI is InChI=1S/C12H18N2O5S.C3H8/c1-7(12(18)19)13(2)9(15)4-5-20-8-6-10(16)14(3)11(8)17;1-3-2/h7-8H,4-6H2,1-3H3,(H,18,19);3H2,1-2H3/t7-,8?;/m0./s1. The Kier molecular flexibility index (Phi) is 9.55. The first-order valence-corrected chi connectivity index (χ1v) is 8.62. The van der Waals surface area contributed by atoms with Gasteiger partial charge in [0.25, 0.3) is 0 Å². The zero-order valence-corrected chi connectivity index (χ0v) is 15.2. The summed E-state index contributed by atoms with van der Waals surface area (Å²) >= 11 is 1.26. The van der Waals surface area contributed by atoms with Crippen LogP contribution in [0, 0.1) is 0 Å². The van der Waals surface area contributed by atoms with Crippen LogP contribution in [0.4, 0.5) is 0 Å². The smallest absolute Gasteiger partial charge is 0.326 e. The van der Waals surface area contributed by atoms with E-state index in [1.807, 2.05) is 0 Å². The van der Waals surface area contributed by atoms with Gasteiger partial charge in [-0.15, -0.1) is 11.8 Å². The lowest BCUT2D eigenvalue weighted by Crippen LogP contribution is -2.40. The Morgan fingerprint density at radius 3 is 2.30 bits per heavy atom. The number of imide groups is 1. The molecule has 0 spiro atoms. The van der Waals surface area contributed by atoms with Gasteiger partial charge in [0.1, 0.15) is 6.04 Å². The van der Waals surface area contributed by atoms with Gasteiger partial charge in [0, 0.05) is 32.7 Å². The van der Waals surface area contributed by atoms with E-state index in [4.69, 9.17) is 5.11 Å². The number of likely N-dealkylation sites (N-methyl/N-ethyl adjacent to an activating group) is 1. The van der Waals surface area contributed by atoms with Crippen molar-refractivity contribution in [1.82, 2.24) is 9.80 Å². The molecule has 0 aromatic heterocycles. The van der Waals surface area contributed by atoms with Crippen molar-refractivity contribution in [2.45, 2.75) is 51.3 Å². The van der Waals surface area contributed by atoms with E-state index in [1.165, 1.54) is 39.2 Å². The van der Waals surface area contributed by atoms with Crippen LogP contribution in [0.15, 0.2) is 0 Å². The first kappa shape index (κ1) is 21.4. The second kappa shape index (κ2) is 10.3. The highest BCUT2D eigenvalue weighted by Gasteiger charge is 2.36. The monoisotopic (exact) mass is 346 g/mol. The summed E-state index contributed by atoms with van der Waals surface area (Å²) in [6.07, 6.45) is 1.55. The number of hydrogen-bond donors (Lipinski definition) is 1. The minimum absolute atomic E-state index is 0.139. The molecule has 3 amide bonds. The molecular weight excluding hydrogens is 320 g/mol. The number of likely N-dealkylation sites (tertiary alicyclic amines) is 1. The van der Waals surface area contributed by atoms with Crippen molar-refractivity contribution in [2.24, 2.45) is 0 Å². The molecule has 2 atom stereocenters. The largest absolute Gasteiger partial charge is 0.480 e. The fourth-order valence-electron chi connectivity index (χ4n) is 1.70. The maximum absolute atomic E-state index is 11.8. The molecule has 0 aromatic carbocycles. The predicted octanol–water partition coefficient (Wildman–Crippen LogP) is 1.21. The lowest BCUT2D eigenvalue weighted by atomic mass is 10.3. The van der Waals surface area contributed by atoms with Crippen LogP contribution in [-0.4, -0.2) is 69.7 Å². The van der Waals surface area contributed by atoms with E-state index in [0.29, 0.717) is 5.75 Å². The van der Waals surface area contributed by atoms with Gasteiger partial charge in [0.05, 0.1) is 5.25 Å². The summed E-state index contributed by atoms with van der Waals surface area (Å²) < 4.78 is 0. The Balaban J connectivity index is 0.00000149. The van der Waals surface area contributed by atoms with Crippen LogP contribution in [0.1, 0.15) is 40.0 Å². The van der Waals surface area contributed by atoms with Gasteiger partial charge in [-0.1, -0.05) is 20.3 Å². The minimum atomic E-state index is -1.06. The fourth-order valence-corrected chi connectivity index (χ4v) is 2.84. The molecule has 0 saturated carbocycles. The lowest BCUT2D eigenvalue weighted by molar-refractivity contribution is -0.148. The number of carboxylic acids is 1. The van der Waals surface area contributed by atoms with E-state index in [2.05, 4.69) is 13.8 Å². The zero-order chi connectivity index (χ0) is 18.2. The first-order valence-electron chi connectivity index (χ1n) is 7.57. The van der Waals surface area contributed by atoms with Gasteiger partial charge in [-0.2, -0.15) is 0 Å². The van der Waals surface area contributed by atoms with Gasteiger partial charge < -0.3 is 10.0 Å². The summed E-state index contributed by atoms with van der Waals surface area (Å²) in [4.78, 5) is 47.7. The average molecular weight is 346 g/mol. The topological polar surface area (TPSA) is 95.0 Å². The van der Waals surface area contributed by atoms with Gasteiger partial charge in [0.2, 0.25) is 17.7 Å². The van der Waals surface area contributed by atoms with Crippen molar-refractivity contribution in [1.29, 1.82) is 0 Å². The summed E-state index contributed by atoms with van der Waals surface area (Å²) in [5.74, 6) is -1.42. The fraction of sp³-hybridized carbons (Fsp3) is 0.733. The van der Waals surface area contributed by atoms with Crippen molar-refractivity contribution < 1.29 is 24.3 Å². The summed E-state index contributed by atoms with van der Waals surface area (Å²) in [7, 11) is 2.88. The van der Waals surface area contributed by atoms with Crippen LogP contribution < -0.4 is 0 Å². The second-order valence-corrected chi connectivity index (χ2v) is 6.64. The van der Waals surface area contributed by atoms with E-state index >= 15 is 0 Å². The summed E-state index contributed by atoms with van der Waals surface area (Å²) in [6, 6.07) is -0.881. The third-order valence-corrected chi connectivity index (χ3v) is 4.52. The van der Waals surface area contributed by atoms with E-state index in [0.717, 1.165) is 9.80 Å². The van der Waals surface area contributed by atoms with Crippen LogP contribution in [0.5, 0.6) is 0 Å². The Morgan fingerprint density at radius 1 is 1.39 bits per heavy atom. The SMILES string of the molecule is CCC.C[C@@H](C(=O)O)N(C)C(=O)CCSC1CC(=O)N(C)C1=O. The van der Waals surface area contributed by atoms with Crippen molar-refractivity contribution >= 4 is 35.5 Å². The molecule has 23 heavy (non-hydrogen) atoms. The van der Waals surface area contributed by atoms with Gasteiger partial charge in [0.15, 0.2) is 0 Å². The van der Waals surface area contributed by atoms with Gasteiger partial charge in [-0.05, 0) is 6.92 Å². The number of amides is 3. The molecule has 0 aromatic rings. The molecule has 1 heterocycles. The molecular formula is C15H26N2O5S. The molecule has 7 nitrogen and oxygen atoms in total. The van der Waals surface area contributed by atoms with Gasteiger partial charge >= 0.3 is 5.97 Å². The van der Waals surface area contributed by atoms with Crippen molar-refractivity contribution in [3.63, 3.8) is 0 Å². The minimum Gasteiger partial charge on any atom is -0.480 e. The third-order valence-electron chi connectivity index (χ3n) is 3.31. The summed E-state index contributed by atoms with van der Waals surface area (Å²) in [6.45, 7) is 5.68. The Hall–Kier alpha value is -1.57. The predicted molar refractivity (Wildman–Crippen MR) is 89.1 cm³/mol. The van der Waals surface area contributed by atoms with E-state index < -0.39 is 17.3 Å². The molecule has 0 radical (unpaired) electrons. The van der Waals surface area contributed by atoms with Gasteiger partial charge in [-0.25, -0.2) is 4.79 Å². The van der Waals surface area contributed by atoms with E-state index in [1.54, 1.807) is 0 Å². The van der Waals surface area contributed by atoms with Crippen LogP contribution in [0.25, 0.3) is 0 Å². The molecule has 8 heteroatoms. The second-order valence-electron chi connectivity index (χ2n) is 5.33. The molecule has 1 saturated heterocycles. The molecule has 1 aliphatic heterocycles. The zero-order valence-electron chi connectivity index (χ0n) is 14.4. The number of carbonyl (C=O) groups is 4. The number of rotatable bonds is 6. The normalized spacial score (nSPS) is 18.3. The Labute approximate surface area is 141 Å². The first-order chi connectivity index (χ1) is 10.7. The number of carboxylic acid groups (broad SMARTS) is 1. The number of aliphatic carboxylic acids is 1. The molecule has 1 rings (SSSR count). The Morgan fingerprint density at radius 2 is 1.91 bits per heavy atom. The van der Waals surface area contributed by atoms with E-state index in [9.17, 15) is 19.2 Å². The molecule has 0 bridgehead atoms. The maximum atomic E-state index is 11.8. The average Bonchev–Trinajstić information content (AvgIpc) is 2.73. The maximum Gasteiger partial charge on any atom is 0.326 e. The van der Waals surface area contributed by atoms with Crippen LogP contribution in [-0.2, 0) is 19.2 Å². The summed E-state index contributed by atoms with van der Waals surface area (Å²) in [5.41, 5.74) is 0. The van der Waals surface area contributed by atoms with Crippen molar-refractivity contribution in [2.75, 3.05) is 19.8 Å². The van der Waals surface area contributed by atoms with Crippen molar-refractivity contribution in [3.05, 3.63) is 0 Å². The van der Waals surface area contributed by atoms with E-state index in [-0.39, 0.29) is 30.6 Å². The summed E-state index contributed by atoms with van der Waals surface area (Å²) in [5, 5.41) is 8.38. The van der Waals surface area contributed by atoms with Crippen molar-refractivity contribution in [3.8, 4) is 0 Å². The molecule has 0 aliphatic carbocycles. The van der Waals surface area contributed by atoms with Gasteiger partial charge in [-0.3, -0.25) is 19.3 Å². The molecule has 1 N–H and O–H groups in total. The van der Waals surface area contributed by atoms with Crippen LogP contribution in [0.2, 0.25) is 0 Å². The molecule has 1 aliphatic rings. The highest BCUT2D eigenvalue weighted by molar-refractivity contribution is 8.00. The highest BCUT2D eigenvalue weighted by atomic mass is 32.2. The number of carbonyl (C=O) groups excluding carboxylic acids is 3. The third kappa shape index (κ3) is 6.60. The molecule has 1 unspecified atom stereocenters. The number of hydrogen-bond acceptors (Lipinski definition) is 5. The lowest BCUT2D eigenvalue weighted by Gasteiger charge is -2.21.